The zero-order chi connectivity index (χ0) is 10.1. The first kappa shape index (κ1) is 9.25. The quantitative estimate of drug-likeness (QED) is 0.720. The van der Waals surface area contributed by atoms with Gasteiger partial charge in [0.05, 0.1) is 0 Å². The molecule has 0 saturated carbocycles. The number of rotatable bonds is 1. The molecular weight excluding hydrogens is 174 g/mol. The zero-order valence-corrected chi connectivity index (χ0v) is 8.42. The number of primary amides is 1. The van der Waals surface area contributed by atoms with Gasteiger partial charge in [0.1, 0.15) is 0 Å². The Labute approximate surface area is 84.1 Å². The van der Waals surface area contributed by atoms with Crippen LogP contribution in [0, 0.1) is 5.92 Å². The summed E-state index contributed by atoms with van der Waals surface area (Å²) in [5, 5.41) is 0. The van der Waals surface area contributed by atoms with E-state index >= 15 is 0 Å². The lowest BCUT2D eigenvalue weighted by Crippen LogP contribution is -2.15. The molecule has 74 valence electrons. The van der Waals surface area contributed by atoms with Crippen molar-refractivity contribution in [1.29, 1.82) is 0 Å². The maximum Gasteiger partial charge on any atom is 0.248 e. The highest BCUT2D eigenvalue weighted by Gasteiger charge is 2.15. The highest BCUT2D eigenvalue weighted by Crippen LogP contribution is 2.25. The molecule has 0 spiro atoms. The molecule has 1 amide bonds. The van der Waals surface area contributed by atoms with Crippen molar-refractivity contribution >= 4 is 5.91 Å². The number of carbonyl (C=O) groups is 1. The summed E-state index contributed by atoms with van der Waals surface area (Å²) in [7, 11) is 0. The fraction of sp³-hybridized carbons (Fsp3) is 0.417. The zero-order valence-electron chi connectivity index (χ0n) is 8.42. The normalized spacial score (nSPS) is 20.2. The molecule has 0 aliphatic heterocycles. The van der Waals surface area contributed by atoms with Crippen LogP contribution >= 0.6 is 0 Å². The molecule has 14 heavy (non-hydrogen) atoms. The highest BCUT2D eigenvalue weighted by molar-refractivity contribution is 5.93. The van der Waals surface area contributed by atoms with Gasteiger partial charge < -0.3 is 5.73 Å². The first-order valence-corrected chi connectivity index (χ1v) is 5.08. The van der Waals surface area contributed by atoms with Gasteiger partial charge in [0.25, 0.3) is 0 Å². The molecule has 2 nitrogen and oxygen atoms in total. The van der Waals surface area contributed by atoms with E-state index in [9.17, 15) is 4.79 Å². The summed E-state index contributed by atoms with van der Waals surface area (Å²) < 4.78 is 0. The van der Waals surface area contributed by atoms with E-state index in [1.165, 1.54) is 17.5 Å². The second-order valence-corrected chi connectivity index (χ2v) is 4.20. The summed E-state index contributed by atoms with van der Waals surface area (Å²) in [5.41, 5.74) is 8.57. The smallest absolute Gasteiger partial charge is 0.248 e. The van der Waals surface area contributed by atoms with Gasteiger partial charge in [-0.05, 0) is 48.4 Å². The van der Waals surface area contributed by atoms with Gasteiger partial charge in [-0.3, -0.25) is 4.79 Å². The standard InChI is InChI=1S/C12H15NO/c1-8-2-3-9-4-5-10(12(13)14)7-11(9)6-8/h4-5,7-8H,2-3,6H2,1H3,(H2,13,14). The Morgan fingerprint density at radius 2 is 2.21 bits per heavy atom. The SMILES string of the molecule is CC1CCc2ccc(C(N)=O)cc2C1. The monoisotopic (exact) mass is 189 g/mol. The molecule has 1 aliphatic rings. The van der Waals surface area contributed by atoms with E-state index in [1.807, 2.05) is 18.2 Å². The Morgan fingerprint density at radius 1 is 1.43 bits per heavy atom. The van der Waals surface area contributed by atoms with Crippen molar-refractivity contribution < 1.29 is 4.79 Å². The van der Waals surface area contributed by atoms with Crippen molar-refractivity contribution in [3.05, 3.63) is 34.9 Å². The van der Waals surface area contributed by atoms with E-state index in [0.717, 1.165) is 18.8 Å². The Kier molecular flexibility index (Phi) is 2.28. The first-order valence-electron chi connectivity index (χ1n) is 5.08. The third kappa shape index (κ3) is 1.65. The number of aryl methyl sites for hydroxylation is 1. The molecule has 1 aliphatic carbocycles. The number of benzene rings is 1. The first-order chi connectivity index (χ1) is 6.66. The van der Waals surface area contributed by atoms with Crippen LogP contribution in [-0.4, -0.2) is 5.91 Å². The van der Waals surface area contributed by atoms with Crippen LogP contribution in [0.2, 0.25) is 0 Å². The van der Waals surface area contributed by atoms with Crippen molar-refractivity contribution in [3.8, 4) is 0 Å². The molecule has 0 aromatic heterocycles. The maximum atomic E-state index is 11.0. The molecule has 1 unspecified atom stereocenters. The summed E-state index contributed by atoms with van der Waals surface area (Å²) in [6.07, 6.45) is 3.47. The van der Waals surface area contributed by atoms with Crippen LogP contribution in [0.1, 0.15) is 34.8 Å². The van der Waals surface area contributed by atoms with Gasteiger partial charge in [0.2, 0.25) is 5.91 Å². The minimum Gasteiger partial charge on any atom is -0.366 e. The lowest BCUT2D eigenvalue weighted by atomic mass is 9.84. The number of hydrogen-bond acceptors (Lipinski definition) is 1. The van der Waals surface area contributed by atoms with E-state index in [1.54, 1.807) is 0 Å². The summed E-state index contributed by atoms with van der Waals surface area (Å²) >= 11 is 0. The van der Waals surface area contributed by atoms with Crippen LogP contribution in [0.3, 0.4) is 0 Å². The van der Waals surface area contributed by atoms with E-state index in [-0.39, 0.29) is 5.91 Å². The average Bonchev–Trinajstić information content (AvgIpc) is 2.16. The largest absolute Gasteiger partial charge is 0.366 e. The fourth-order valence-corrected chi connectivity index (χ4v) is 2.09. The van der Waals surface area contributed by atoms with Gasteiger partial charge >= 0.3 is 0 Å². The summed E-state index contributed by atoms with van der Waals surface area (Å²) in [6.45, 7) is 2.25. The Hall–Kier alpha value is -1.31. The van der Waals surface area contributed by atoms with Gasteiger partial charge in [-0.1, -0.05) is 13.0 Å². The Bertz CT molecular complexity index is 371. The highest BCUT2D eigenvalue weighted by atomic mass is 16.1. The molecule has 2 N–H and O–H groups in total. The van der Waals surface area contributed by atoms with Crippen LogP contribution in [0.15, 0.2) is 18.2 Å². The Morgan fingerprint density at radius 3 is 2.93 bits per heavy atom. The Balaban J connectivity index is 2.37. The van der Waals surface area contributed by atoms with Crippen LogP contribution < -0.4 is 5.73 Å². The lowest BCUT2D eigenvalue weighted by Gasteiger charge is -2.21. The van der Waals surface area contributed by atoms with Gasteiger partial charge in [0.15, 0.2) is 0 Å². The fourth-order valence-electron chi connectivity index (χ4n) is 2.09. The molecule has 1 aromatic rings. The third-order valence-corrected chi connectivity index (χ3v) is 2.97. The second-order valence-electron chi connectivity index (χ2n) is 4.20. The van der Waals surface area contributed by atoms with Gasteiger partial charge in [-0.25, -0.2) is 0 Å². The van der Waals surface area contributed by atoms with Crippen LogP contribution in [0.4, 0.5) is 0 Å². The number of fused-ring (bicyclic) bond motifs is 1. The van der Waals surface area contributed by atoms with Crippen molar-refractivity contribution in [2.24, 2.45) is 11.7 Å². The third-order valence-electron chi connectivity index (χ3n) is 2.97. The summed E-state index contributed by atoms with van der Waals surface area (Å²) in [5.74, 6) is 0.400. The van der Waals surface area contributed by atoms with E-state index in [2.05, 4.69) is 6.92 Å². The minimum atomic E-state index is -0.328. The number of carbonyl (C=O) groups excluding carboxylic acids is 1. The molecule has 2 heteroatoms. The predicted molar refractivity (Wildman–Crippen MR) is 56.1 cm³/mol. The van der Waals surface area contributed by atoms with Crippen molar-refractivity contribution in [2.45, 2.75) is 26.2 Å². The summed E-state index contributed by atoms with van der Waals surface area (Å²) in [4.78, 5) is 11.0. The van der Waals surface area contributed by atoms with Crippen LogP contribution in [-0.2, 0) is 12.8 Å². The molecular formula is C12H15NO. The van der Waals surface area contributed by atoms with Gasteiger partial charge in [0, 0.05) is 5.56 Å². The van der Waals surface area contributed by atoms with E-state index in [4.69, 9.17) is 5.73 Å². The van der Waals surface area contributed by atoms with Crippen molar-refractivity contribution in [1.82, 2.24) is 0 Å². The van der Waals surface area contributed by atoms with Gasteiger partial charge in [-0.15, -0.1) is 0 Å². The van der Waals surface area contributed by atoms with Crippen LogP contribution in [0.25, 0.3) is 0 Å². The number of hydrogen-bond donors (Lipinski definition) is 1. The molecule has 0 saturated heterocycles. The molecule has 0 radical (unpaired) electrons. The van der Waals surface area contributed by atoms with E-state index < -0.39 is 0 Å². The van der Waals surface area contributed by atoms with Gasteiger partial charge in [-0.2, -0.15) is 0 Å². The van der Waals surface area contributed by atoms with Crippen molar-refractivity contribution in [3.63, 3.8) is 0 Å². The molecule has 0 heterocycles. The van der Waals surface area contributed by atoms with E-state index in [0.29, 0.717) is 5.56 Å². The lowest BCUT2D eigenvalue weighted by molar-refractivity contribution is 0.1000. The predicted octanol–water partition coefficient (Wildman–Crippen LogP) is 1.91. The molecule has 2 rings (SSSR count). The number of amides is 1. The van der Waals surface area contributed by atoms with Crippen LogP contribution in [0.5, 0.6) is 0 Å². The topological polar surface area (TPSA) is 43.1 Å². The number of nitrogens with two attached hydrogens (primary N) is 1. The van der Waals surface area contributed by atoms with Crippen molar-refractivity contribution in [2.75, 3.05) is 0 Å². The minimum absolute atomic E-state index is 0.328. The summed E-state index contributed by atoms with van der Waals surface area (Å²) in [6, 6.07) is 5.83. The second kappa shape index (κ2) is 3.45. The maximum absolute atomic E-state index is 11.0. The molecule has 1 atom stereocenters. The molecule has 0 fully saturated rings. The average molecular weight is 189 g/mol. The molecule has 0 bridgehead atoms. The molecule has 1 aromatic carbocycles.